The third kappa shape index (κ3) is 4.34. The molecule has 0 unspecified atom stereocenters. The minimum atomic E-state index is -0.967. The first kappa shape index (κ1) is 20.0. The van der Waals surface area contributed by atoms with E-state index in [4.69, 9.17) is 0 Å². The molecular formula is C26H27F3. The summed E-state index contributed by atoms with van der Waals surface area (Å²) in [6, 6.07) is 12.9. The van der Waals surface area contributed by atoms with Crippen molar-refractivity contribution in [2.45, 2.75) is 51.9 Å². The Morgan fingerprint density at radius 1 is 0.793 bits per heavy atom. The molecular weight excluding hydrogens is 369 g/mol. The van der Waals surface area contributed by atoms with E-state index in [0.29, 0.717) is 10.9 Å². The van der Waals surface area contributed by atoms with E-state index in [-0.39, 0.29) is 5.56 Å². The number of aryl methyl sites for hydroxylation is 1. The van der Waals surface area contributed by atoms with Crippen molar-refractivity contribution < 1.29 is 13.2 Å². The van der Waals surface area contributed by atoms with Crippen LogP contribution >= 0.6 is 0 Å². The van der Waals surface area contributed by atoms with Gasteiger partial charge < -0.3 is 0 Å². The number of rotatable bonds is 5. The van der Waals surface area contributed by atoms with Crippen LogP contribution in [-0.2, 0) is 6.42 Å². The fraction of sp³-hybridized carbons (Fsp3) is 0.385. The van der Waals surface area contributed by atoms with Gasteiger partial charge >= 0.3 is 0 Å². The second-order valence-electron chi connectivity index (χ2n) is 8.45. The smallest absolute Gasteiger partial charge is 0.159 e. The van der Waals surface area contributed by atoms with E-state index in [2.05, 4.69) is 13.0 Å². The summed E-state index contributed by atoms with van der Waals surface area (Å²) >= 11 is 0. The van der Waals surface area contributed by atoms with Crippen LogP contribution < -0.4 is 0 Å². The quantitative estimate of drug-likeness (QED) is 0.409. The lowest BCUT2D eigenvalue weighted by molar-refractivity contribution is 0.259. The van der Waals surface area contributed by atoms with Crippen LogP contribution in [0.4, 0.5) is 13.2 Å². The average molecular weight is 396 g/mol. The number of hydrogen-bond acceptors (Lipinski definition) is 0. The average Bonchev–Trinajstić information content (AvgIpc) is 2.75. The van der Waals surface area contributed by atoms with Crippen molar-refractivity contribution in [2.24, 2.45) is 11.8 Å². The van der Waals surface area contributed by atoms with Gasteiger partial charge in [0.2, 0.25) is 0 Å². The van der Waals surface area contributed by atoms with Gasteiger partial charge in [0.1, 0.15) is 5.82 Å². The van der Waals surface area contributed by atoms with Crippen molar-refractivity contribution in [3.8, 4) is 11.1 Å². The van der Waals surface area contributed by atoms with E-state index in [1.165, 1.54) is 50.2 Å². The molecule has 0 amide bonds. The molecule has 0 aliphatic heterocycles. The van der Waals surface area contributed by atoms with Gasteiger partial charge in [-0.25, -0.2) is 13.2 Å². The van der Waals surface area contributed by atoms with Crippen molar-refractivity contribution in [1.82, 2.24) is 0 Å². The summed E-state index contributed by atoms with van der Waals surface area (Å²) in [5.74, 6) is -0.564. The van der Waals surface area contributed by atoms with E-state index >= 15 is 4.39 Å². The predicted octanol–water partition coefficient (Wildman–Crippen LogP) is 8.07. The van der Waals surface area contributed by atoms with Crippen molar-refractivity contribution in [3.05, 3.63) is 71.5 Å². The maximum Gasteiger partial charge on any atom is 0.159 e. The second kappa shape index (κ2) is 8.61. The van der Waals surface area contributed by atoms with Gasteiger partial charge in [0, 0.05) is 10.9 Å². The van der Waals surface area contributed by atoms with Gasteiger partial charge in [-0.2, -0.15) is 0 Å². The normalized spacial score (nSPS) is 19.6. The molecule has 0 atom stereocenters. The van der Waals surface area contributed by atoms with Crippen LogP contribution in [-0.4, -0.2) is 0 Å². The summed E-state index contributed by atoms with van der Waals surface area (Å²) < 4.78 is 41.8. The third-order valence-electron chi connectivity index (χ3n) is 6.63. The highest BCUT2D eigenvalue weighted by atomic mass is 19.2. The number of halogens is 3. The zero-order valence-corrected chi connectivity index (χ0v) is 16.9. The van der Waals surface area contributed by atoms with E-state index in [9.17, 15) is 8.78 Å². The zero-order valence-electron chi connectivity index (χ0n) is 16.9. The molecule has 0 heterocycles. The van der Waals surface area contributed by atoms with Gasteiger partial charge in [-0.3, -0.25) is 0 Å². The van der Waals surface area contributed by atoms with Crippen LogP contribution in [0.1, 0.15) is 51.0 Å². The minimum Gasteiger partial charge on any atom is -0.206 e. The van der Waals surface area contributed by atoms with Crippen LogP contribution in [0.3, 0.4) is 0 Å². The van der Waals surface area contributed by atoms with Gasteiger partial charge in [0.15, 0.2) is 11.6 Å². The Morgan fingerprint density at radius 2 is 1.55 bits per heavy atom. The predicted molar refractivity (Wildman–Crippen MR) is 113 cm³/mol. The van der Waals surface area contributed by atoms with Gasteiger partial charge in [-0.15, -0.1) is 0 Å². The standard InChI is InChI=1S/C26H27F3/c1-2-17-3-5-18(6-4-17)7-8-19-9-12-22-20(15-19)10-13-23(26(22)29)21-11-14-24(27)25(28)16-21/h9-18H,2-8H2,1H3/t17-,18-. The number of benzene rings is 3. The van der Waals surface area contributed by atoms with Crippen molar-refractivity contribution in [3.63, 3.8) is 0 Å². The summed E-state index contributed by atoms with van der Waals surface area (Å²) in [7, 11) is 0. The van der Waals surface area contributed by atoms with Crippen LogP contribution in [0.5, 0.6) is 0 Å². The Labute approximate surface area is 170 Å². The summed E-state index contributed by atoms with van der Waals surface area (Å²) in [5.41, 5.74) is 1.86. The molecule has 0 nitrogen and oxygen atoms in total. The largest absolute Gasteiger partial charge is 0.206 e. The zero-order chi connectivity index (χ0) is 20.4. The van der Waals surface area contributed by atoms with Gasteiger partial charge in [0.05, 0.1) is 0 Å². The van der Waals surface area contributed by atoms with Gasteiger partial charge in [0.25, 0.3) is 0 Å². The van der Waals surface area contributed by atoms with Crippen LogP contribution in [0.25, 0.3) is 21.9 Å². The fourth-order valence-electron chi connectivity index (χ4n) is 4.68. The third-order valence-corrected chi connectivity index (χ3v) is 6.63. The molecule has 152 valence electrons. The van der Waals surface area contributed by atoms with Crippen molar-refractivity contribution in [1.29, 1.82) is 0 Å². The summed E-state index contributed by atoms with van der Waals surface area (Å²) in [4.78, 5) is 0. The maximum absolute atomic E-state index is 15.0. The first-order valence-corrected chi connectivity index (χ1v) is 10.7. The monoisotopic (exact) mass is 396 g/mol. The SMILES string of the molecule is CC[C@H]1CC[C@H](CCc2ccc3c(F)c(-c4ccc(F)c(F)c4)ccc3c2)CC1. The molecule has 3 aromatic carbocycles. The molecule has 3 aromatic rings. The first-order chi connectivity index (χ1) is 14.0. The molecule has 1 saturated carbocycles. The lowest BCUT2D eigenvalue weighted by Gasteiger charge is -2.27. The van der Waals surface area contributed by atoms with E-state index in [0.717, 1.165) is 35.8 Å². The summed E-state index contributed by atoms with van der Waals surface area (Å²) in [6.07, 6.45) is 8.89. The second-order valence-corrected chi connectivity index (χ2v) is 8.45. The lowest BCUT2D eigenvalue weighted by atomic mass is 9.78. The van der Waals surface area contributed by atoms with E-state index in [1.54, 1.807) is 6.07 Å². The fourth-order valence-corrected chi connectivity index (χ4v) is 4.68. The Balaban J connectivity index is 1.51. The number of hydrogen-bond donors (Lipinski definition) is 0. The molecule has 1 fully saturated rings. The van der Waals surface area contributed by atoms with Crippen LogP contribution in [0.15, 0.2) is 48.5 Å². The molecule has 0 aromatic heterocycles. The van der Waals surface area contributed by atoms with Gasteiger partial charge in [-0.05, 0) is 53.3 Å². The highest BCUT2D eigenvalue weighted by Gasteiger charge is 2.20. The molecule has 0 radical (unpaired) electrons. The highest BCUT2D eigenvalue weighted by molar-refractivity contribution is 5.88. The Kier molecular flexibility index (Phi) is 5.94. The molecule has 3 heteroatoms. The van der Waals surface area contributed by atoms with Crippen LogP contribution in [0, 0.1) is 29.3 Å². The Morgan fingerprint density at radius 3 is 2.28 bits per heavy atom. The summed E-state index contributed by atoms with van der Waals surface area (Å²) in [5, 5.41) is 1.36. The summed E-state index contributed by atoms with van der Waals surface area (Å²) in [6.45, 7) is 2.29. The molecule has 1 aliphatic carbocycles. The maximum atomic E-state index is 15.0. The first-order valence-electron chi connectivity index (χ1n) is 10.7. The molecule has 0 N–H and O–H groups in total. The van der Waals surface area contributed by atoms with Crippen LogP contribution in [0.2, 0.25) is 0 Å². The highest BCUT2D eigenvalue weighted by Crippen LogP contribution is 2.34. The molecule has 0 saturated heterocycles. The van der Waals surface area contributed by atoms with E-state index in [1.807, 2.05) is 18.2 Å². The minimum absolute atomic E-state index is 0.289. The Bertz CT molecular complexity index is 1000. The molecule has 4 rings (SSSR count). The topological polar surface area (TPSA) is 0 Å². The molecule has 1 aliphatic rings. The molecule has 29 heavy (non-hydrogen) atoms. The number of fused-ring (bicyclic) bond motifs is 1. The van der Waals surface area contributed by atoms with E-state index < -0.39 is 17.5 Å². The molecule has 0 spiro atoms. The Hall–Kier alpha value is -2.29. The lowest BCUT2D eigenvalue weighted by Crippen LogP contribution is -2.14. The molecule has 0 bridgehead atoms. The van der Waals surface area contributed by atoms with Crippen molar-refractivity contribution in [2.75, 3.05) is 0 Å². The van der Waals surface area contributed by atoms with Gasteiger partial charge in [-0.1, -0.05) is 75.4 Å². The van der Waals surface area contributed by atoms with Crippen molar-refractivity contribution >= 4 is 10.8 Å².